The summed E-state index contributed by atoms with van der Waals surface area (Å²) in [5.74, 6) is -4.40. The van der Waals surface area contributed by atoms with E-state index in [1.54, 1.807) is 72.7 Å². The highest BCUT2D eigenvalue weighted by Crippen LogP contribution is 2.49. The van der Waals surface area contributed by atoms with Crippen molar-refractivity contribution in [2.24, 2.45) is 0 Å². The highest BCUT2D eigenvalue weighted by molar-refractivity contribution is 6.74. The zero-order chi connectivity index (χ0) is 64.1. The van der Waals surface area contributed by atoms with Crippen LogP contribution in [0.2, 0.25) is 46.3 Å². The minimum Gasteiger partial charge on any atom is -0.490 e. The van der Waals surface area contributed by atoms with E-state index >= 15 is 0 Å². The third-order valence-electron chi connectivity index (χ3n) is 14.5. The average molecular weight is 1260 g/mol. The molecular formula is C61H81Cl2N3O17Si2. The fourth-order valence-corrected chi connectivity index (χ4v) is 11.2. The van der Waals surface area contributed by atoms with Gasteiger partial charge < -0.3 is 57.4 Å². The number of imide groups is 1. The van der Waals surface area contributed by atoms with Crippen molar-refractivity contribution >= 4 is 81.7 Å². The fourth-order valence-electron chi connectivity index (χ4n) is 8.23. The molecular weight excluding hydrogens is 1170 g/mol. The molecule has 4 aromatic carbocycles. The molecule has 4 amide bonds. The number of carbonyl (C=O) groups excluding carboxylic acids is 7. The fraction of sp³-hybridized carbons (Fsp3) is 0.492. The van der Waals surface area contributed by atoms with Crippen molar-refractivity contribution in [1.82, 2.24) is 15.5 Å². The van der Waals surface area contributed by atoms with Gasteiger partial charge in [0.05, 0.1) is 49.1 Å². The van der Waals surface area contributed by atoms with Crippen LogP contribution >= 0.6 is 23.2 Å². The number of halogens is 2. The zero-order valence-corrected chi connectivity index (χ0v) is 55.7. The normalized spacial score (nSPS) is 14.9. The number of fused-ring (bicyclic) bond motifs is 1. The van der Waals surface area contributed by atoms with Crippen LogP contribution in [0.5, 0.6) is 28.7 Å². The zero-order valence-electron chi connectivity index (χ0n) is 52.2. The summed E-state index contributed by atoms with van der Waals surface area (Å²) in [7, 11) is -2.07. The molecule has 0 aliphatic carbocycles. The van der Waals surface area contributed by atoms with Crippen LogP contribution in [0.15, 0.2) is 72.8 Å². The highest BCUT2D eigenvalue weighted by Gasteiger charge is 2.51. The summed E-state index contributed by atoms with van der Waals surface area (Å²) in [5.41, 5.74) is -1.02. The number of methoxy groups -OCH3 is 3. The Hall–Kier alpha value is -6.70. The summed E-state index contributed by atoms with van der Waals surface area (Å²) in [6.07, 6.45) is -4.35. The second-order valence-electron chi connectivity index (χ2n) is 25.2. The van der Waals surface area contributed by atoms with E-state index in [0.29, 0.717) is 5.56 Å². The highest BCUT2D eigenvalue weighted by atomic mass is 35.5. The summed E-state index contributed by atoms with van der Waals surface area (Å²) in [4.78, 5) is 97.5. The monoisotopic (exact) mass is 1250 g/mol. The maximum absolute atomic E-state index is 14.1. The molecule has 2 N–H and O–H groups in total. The second-order valence-corrected chi connectivity index (χ2v) is 35.5. The van der Waals surface area contributed by atoms with E-state index in [1.165, 1.54) is 55.6 Å². The van der Waals surface area contributed by atoms with Crippen LogP contribution in [0.4, 0.5) is 9.59 Å². The van der Waals surface area contributed by atoms with Gasteiger partial charge in [0.25, 0.3) is 11.8 Å². The molecule has 464 valence electrons. The van der Waals surface area contributed by atoms with Crippen molar-refractivity contribution in [1.29, 1.82) is 0 Å². The Bertz CT molecular complexity index is 3130. The lowest BCUT2D eigenvalue weighted by Crippen LogP contribution is -2.53. The average Bonchev–Trinajstić information content (AvgIpc) is 2.33. The van der Waals surface area contributed by atoms with E-state index in [9.17, 15) is 33.6 Å². The van der Waals surface area contributed by atoms with Crippen molar-refractivity contribution in [2.45, 2.75) is 168 Å². The molecule has 0 fully saturated rings. The maximum Gasteiger partial charge on any atom is 0.408 e. The van der Waals surface area contributed by atoms with Gasteiger partial charge in [-0.15, -0.1) is 0 Å². The van der Waals surface area contributed by atoms with E-state index < -0.39 is 105 Å². The van der Waals surface area contributed by atoms with Gasteiger partial charge in [-0.05, 0) is 150 Å². The smallest absolute Gasteiger partial charge is 0.408 e. The molecule has 0 saturated carbocycles. The molecule has 0 saturated heterocycles. The van der Waals surface area contributed by atoms with Crippen LogP contribution in [0.1, 0.15) is 146 Å². The van der Waals surface area contributed by atoms with E-state index in [2.05, 4.69) is 10.6 Å². The first-order chi connectivity index (χ1) is 39.2. The van der Waals surface area contributed by atoms with Gasteiger partial charge >= 0.3 is 30.1 Å². The van der Waals surface area contributed by atoms with Gasteiger partial charge in [-0.1, -0.05) is 89.0 Å². The number of hydrogen-bond donors (Lipinski definition) is 2. The number of benzene rings is 4. The van der Waals surface area contributed by atoms with Gasteiger partial charge in [0.1, 0.15) is 34.9 Å². The summed E-state index contributed by atoms with van der Waals surface area (Å²) in [6, 6.07) is 13.5. The SMILES string of the molecule is CCOC(=O)[C@H](NC(=O)OC(C)(C)C)[C@H](O[Si](C)(C)C(C)(C)C)c1ccc(Oc2cc([C@@H](NC(=O)OC(C)(C)C)C(=O)OC)cc(Oc3ccc([C@@H](O[Si](C)(C)C(C)(C)C)[C@@H](C(=O)OC)N4C(=O)c5ccccc5C4=O)cc3Cl)c2OC)c(Cl)c1. The Labute approximate surface area is 510 Å². The Morgan fingerprint density at radius 1 is 0.553 bits per heavy atom. The van der Waals surface area contributed by atoms with Crippen LogP contribution < -0.4 is 24.8 Å². The van der Waals surface area contributed by atoms with Crippen LogP contribution in [0.25, 0.3) is 0 Å². The summed E-state index contributed by atoms with van der Waals surface area (Å²) >= 11 is 14.3. The van der Waals surface area contributed by atoms with Crippen LogP contribution in [-0.4, -0.2) is 115 Å². The van der Waals surface area contributed by atoms with Crippen LogP contribution in [0, 0.1) is 0 Å². The first-order valence-electron chi connectivity index (χ1n) is 27.5. The number of rotatable bonds is 21. The molecule has 1 aliphatic rings. The molecule has 1 aliphatic heterocycles. The van der Waals surface area contributed by atoms with Gasteiger partial charge in [-0.3, -0.25) is 14.5 Å². The first kappa shape index (κ1) is 69.1. The first-order valence-corrected chi connectivity index (χ1v) is 34.1. The molecule has 20 nitrogen and oxygen atoms in total. The molecule has 0 unspecified atom stereocenters. The number of amides is 4. The van der Waals surface area contributed by atoms with Gasteiger partial charge in [0, 0.05) is 0 Å². The number of nitrogens with zero attached hydrogens (tertiary/aromatic N) is 1. The molecule has 0 aromatic heterocycles. The molecule has 5 rings (SSSR count). The van der Waals surface area contributed by atoms with Gasteiger partial charge in [0.15, 0.2) is 46.3 Å². The third kappa shape index (κ3) is 16.8. The van der Waals surface area contributed by atoms with Gasteiger partial charge in [-0.25, -0.2) is 24.0 Å². The molecule has 0 radical (unpaired) electrons. The van der Waals surface area contributed by atoms with Crippen molar-refractivity contribution in [3.05, 3.63) is 111 Å². The Morgan fingerprint density at radius 3 is 1.36 bits per heavy atom. The second kappa shape index (κ2) is 26.9. The quantitative estimate of drug-likeness (QED) is 0.0341. The number of ether oxygens (including phenoxy) is 8. The number of hydrogen-bond acceptors (Lipinski definition) is 17. The Kier molecular flexibility index (Phi) is 21.9. The Morgan fingerprint density at radius 2 is 0.976 bits per heavy atom. The largest absolute Gasteiger partial charge is 0.490 e. The summed E-state index contributed by atoms with van der Waals surface area (Å²) < 4.78 is 60.1. The number of nitrogens with one attached hydrogen (secondary N) is 2. The van der Waals surface area contributed by atoms with E-state index in [0.717, 1.165) is 19.1 Å². The Balaban J connectivity index is 1.71. The van der Waals surface area contributed by atoms with Gasteiger partial charge in [0.2, 0.25) is 5.75 Å². The number of alkyl carbamates (subject to hydrolysis) is 2. The molecule has 5 atom stereocenters. The molecule has 1 heterocycles. The number of esters is 3. The van der Waals surface area contributed by atoms with E-state index in [1.807, 2.05) is 67.7 Å². The predicted molar refractivity (Wildman–Crippen MR) is 325 cm³/mol. The van der Waals surface area contributed by atoms with Crippen molar-refractivity contribution in [3.8, 4) is 28.7 Å². The lowest BCUT2D eigenvalue weighted by atomic mass is 10.0. The van der Waals surface area contributed by atoms with Crippen molar-refractivity contribution < 1.29 is 80.3 Å². The molecule has 4 aromatic rings. The third-order valence-corrected chi connectivity index (χ3v) is 24.0. The summed E-state index contributed by atoms with van der Waals surface area (Å²) in [5, 5.41) is 4.35. The topological polar surface area (TPSA) is 239 Å². The molecule has 0 spiro atoms. The number of carbonyl (C=O) groups is 7. The van der Waals surface area contributed by atoms with E-state index in [4.69, 9.17) is 69.9 Å². The maximum atomic E-state index is 14.1. The van der Waals surface area contributed by atoms with Crippen LogP contribution in [-0.2, 0) is 46.9 Å². The predicted octanol–water partition coefficient (Wildman–Crippen LogP) is 13.7. The van der Waals surface area contributed by atoms with Crippen molar-refractivity contribution in [2.75, 3.05) is 27.9 Å². The standard InChI is InChI=1S/C61H81Cl2N3O17Si2/c1-21-77-54(70)46(65-57(73)81-59(5,6)7)48(82-84(17,18)60(8,9)10)34-26-28-41(39(62)30-34)78-43-32-36(45(53(69)75-15)64-56(72)80-58(2,3)4)33-44(50(43)74-14)79-42-29-27-35(31-40(42)63)49(83-85(19,20)61(11,12)13)47(55(71)76-16)66-51(67)37-24-22-23-25-38(37)52(66)68/h22-33,45-49H,21H2,1-20H3,(H,64,72)(H,65,73)/t45-,46-,47+,48-,49-/m1/s1. The van der Waals surface area contributed by atoms with E-state index in [-0.39, 0.29) is 72.7 Å². The van der Waals surface area contributed by atoms with Gasteiger partial charge in [-0.2, -0.15) is 0 Å². The summed E-state index contributed by atoms with van der Waals surface area (Å²) in [6.45, 7) is 31.5. The lowest BCUT2D eigenvalue weighted by Gasteiger charge is -2.42. The minimum absolute atomic E-state index is 0.00813. The molecule has 0 bridgehead atoms. The molecule has 24 heteroatoms. The minimum atomic E-state index is -2.89. The van der Waals surface area contributed by atoms with Crippen LogP contribution in [0.3, 0.4) is 0 Å². The van der Waals surface area contributed by atoms with Crippen molar-refractivity contribution in [3.63, 3.8) is 0 Å². The lowest BCUT2D eigenvalue weighted by molar-refractivity contribution is -0.149. The molecule has 85 heavy (non-hydrogen) atoms.